The average Bonchev–Trinajstić information content (AvgIpc) is 2.99. The zero-order chi connectivity index (χ0) is 27.8. The number of aliphatic hydroxyl groups is 2. The summed E-state index contributed by atoms with van der Waals surface area (Å²) in [5.41, 5.74) is 4.13. The summed E-state index contributed by atoms with van der Waals surface area (Å²) in [6, 6.07) is 30.3. The minimum Gasteiger partial charge on any atom is -0.384 e. The molecule has 2 aliphatic rings. The third-order valence-electron chi connectivity index (χ3n) is 7.73. The molecule has 0 bridgehead atoms. The normalized spacial score (nSPS) is 19.6. The van der Waals surface area contributed by atoms with Gasteiger partial charge < -0.3 is 10.2 Å². The second kappa shape index (κ2) is 8.71. The van der Waals surface area contributed by atoms with E-state index < -0.39 is 31.9 Å². The molecule has 0 aromatic heterocycles. The molecular weight excluding hydrogens is 544 g/mol. The van der Waals surface area contributed by atoms with Gasteiger partial charge in [-0.25, -0.2) is 16.8 Å². The lowest BCUT2D eigenvalue weighted by molar-refractivity contribution is 0.211. The third kappa shape index (κ3) is 3.54. The van der Waals surface area contributed by atoms with E-state index in [1.54, 1.807) is 72.8 Å². The maximum absolute atomic E-state index is 13.4. The molecule has 0 radical (unpaired) electrons. The summed E-state index contributed by atoms with van der Waals surface area (Å²) in [7, 11) is -7.66. The Kier molecular flexibility index (Phi) is 5.43. The van der Waals surface area contributed by atoms with E-state index in [0.29, 0.717) is 33.4 Å². The lowest BCUT2D eigenvalue weighted by atomic mass is 9.94. The van der Waals surface area contributed by atoms with E-state index in [9.17, 15) is 27.0 Å². The van der Waals surface area contributed by atoms with Crippen molar-refractivity contribution >= 4 is 19.7 Å². The monoisotopic (exact) mass is 566 g/mol. The maximum Gasteiger partial charge on any atom is 0.207 e. The van der Waals surface area contributed by atoms with Crippen LogP contribution in [0.5, 0.6) is 0 Å². The smallest absolute Gasteiger partial charge is 0.207 e. The van der Waals surface area contributed by atoms with Gasteiger partial charge in [0.05, 0.1) is 19.6 Å². The molecule has 0 aliphatic carbocycles. The molecule has 198 valence electrons. The van der Waals surface area contributed by atoms with Crippen LogP contribution in [0.15, 0.2) is 129 Å². The van der Waals surface area contributed by atoms with Gasteiger partial charge in [-0.1, -0.05) is 78.9 Å². The quantitative estimate of drug-likeness (QED) is 0.293. The predicted molar refractivity (Wildman–Crippen MR) is 149 cm³/mol. The molecule has 0 saturated carbocycles. The van der Waals surface area contributed by atoms with Gasteiger partial charge in [0.1, 0.15) is 12.2 Å². The molecule has 2 unspecified atom stereocenters. The van der Waals surface area contributed by atoms with Gasteiger partial charge in [0.2, 0.25) is 19.7 Å². The lowest BCUT2D eigenvalue weighted by Crippen LogP contribution is -2.18. The highest BCUT2D eigenvalue weighted by Gasteiger charge is 2.36. The molecule has 2 aliphatic heterocycles. The molecule has 0 spiro atoms. The van der Waals surface area contributed by atoms with Crippen molar-refractivity contribution in [2.75, 3.05) is 0 Å². The highest BCUT2D eigenvalue weighted by molar-refractivity contribution is 7.92. The van der Waals surface area contributed by atoms with Crippen LogP contribution in [-0.2, 0) is 19.7 Å². The molecule has 6 nitrogen and oxygen atoms in total. The number of fused-ring (bicyclic) bond motifs is 4. The summed E-state index contributed by atoms with van der Waals surface area (Å²) in [6.07, 6.45) is -2.10. The maximum atomic E-state index is 13.4. The second-order valence-corrected chi connectivity index (χ2v) is 13.7. The molecule has 5 aromatic rings. The molecule has 2 N–H and O–H groups in total. The largest absolute Gasteiger partial charge is 0.384 e. The van der Waals surface area contributed by atoms with Gasteiger partial charge in [-0.15, -0.1) is 0 Å². The summed E-state index contributed by atoms with van der Waals surface area (Å²) in [5, 5.41) is 21.8. The number of hydrogen-bond acceptors (Lipinski definition) is 6. The van der Waals surface area contributed by atoms with Crippen molar-refractivity contribution in [1.82, 2.24) is 0 Å². The summed E-state index contributed by atoms with van der Waals surface area (Å²) in [6.45, 7) is 0. The van der Waals surface area contributed by atoms with Crippen LogP contribution in [0.1, 0.15) is 34.5 Å². The van der Waals surface area contributed by atoms with Gasteiger partial charge in [0.15, 0.2) is 0 Å². The Morgan fingerprint density at radius 3 is 1.23 bits per heavy atom. The van der Waals surface area contributed by atoms with E-state index in [2.05, 4.69) is 0 Å². The topological polar surface area (TPSA) is 109 Å². The van der Waals surface area contributed by atoms with Crippen molar-refractivity contribution in [2.45, 2.75) is 31.8 Å². The Labute approximate surface area is 231 Å². The van der Waals surface area contributed by atoms with Crippen molar-refractivity contribution in [3.05, 3.63) is 131 Å². The minimum atomic E-state index is -3.83. The molecule has 7 rings (SSSR count). The number of hydrogen-bond donors (Lipinski definition) is 2. The lowest BCUT2D eigenvalue weighted by Gasteiger charge is -2.25. The van der Waals surface area contributed by atoms with Crippen LogP contribution in [0.25, 0.3) is 22.3 Å². The fourth-order valence-corrected chi connectivity index (χ4v) is 9.21. The molecule has 2 atom stereocenters. The highest BCUT2D eigenvalue weighted by atomic mass is 32.2. The van der Waals surface area contributed by atoms with E-state index in [0.717, 1.165) is 11.1 Å². The number of benzene rings is 5. The predicted octanol–water partition coefficient (Wildman–Crippen LogP) is 5.48. The third-order valence-corrected chi connectivity index (χ3v) is 11.5. The highest BCUT2D eigenvalue weighted by Crippen LogP contribution is 2.44. The van der Waals surface area contributed by atoms with Gasteiger partial charge in [0.25, 0.3) is 0 Å². The molecule has 2 heterocycles. The fraction of sp³-hybridized carbons (Fsp3) is 0.0625. The van der Waals surface area contributed by atoms with Gasteiger partial charge in [0, 0.05) is 22.3 Å². The molecule has 0 amide bonds. The summed E-state index contributed by atoms with van der Waals surface area (Å²) >= 11 is 0. The molecule has 0 fully saturated rings. The van der Waals surface area contributed by atoms with E-state index >= 15 is 0 Å². The van der Waals surface area contributed by atoms with Crippen LogP contribution in [-0.4, -0.2) is 27.0 Å². The van der Waals surface area contributed by atoms with E-state index in [-0.39, 0.29) is 19.6 Å². The Morgan fingerprint density at radius 2 is 0.775 bits per heavy atom. The fourth-order valence-electron chi connectivity index (χ4n) is 5.70. The Hall–Kier alpha value is -4.08. The van der Waals surface area contributed by atoms with Gasteiger partial charge >= 0.3 is 0 Å². The zero-order valence-corrected chi connectivity index (χ0v) is 22.5. The van der Waals surface area contributed by atoms with Crippen molar-refractivity contribution in [3.8, 4) is 22.3 Å². The first-order valence-electron chi connectivity index (χ1n) is 12.6. The van der Waals surface area contributed by atoms with Gasteiger partial charge in [-0.3, -0.25) is 0 Å². The van der Waals surface area contributed by atoms with Crippen LogP contribution < -0.4 is 0 Å². The van der Waals surface area contributed by atoms with Crippen molar-refractivity contribution in [3.63, 3.8) is 0 Å². The first kappa shape index (κ1) is 24.9. The number of rotatable bonds is 2. The number of aliphatic hydroxyl groups excluding tert-OH is 2. The van der Waals surface area contributed by atoms with Crippen LogP contribution in [0.3, 0.4) is 0 Å². The van der Waals surface area contributed by atoms with E-state index in [4.69, 9.17) is 0 Å². The van der Waals surface area contributed by atoms with Crippen LogP contribution in [0.4, 0.5) is 0 Å². The zero-order valence-electron chi connectivity index (χ0n) is 20.9. The Bertz CT molecular complexity index is 1930. The van der Waals surface area contributed by atoms with Crippen LogP contribution in [0, 0.1) is 0 Å². The van der Waals surface area contributed by atoms with Crippen molar-refractivity contribution in [1.29, 1.82) is 0 Å². The van der Waals surface area contributed by atoms with E-state index in [1.807, 2.05) is 24.3 Å². The SMILES string of the molecule is O=S1(=O)c2ccccc2C(O)c2ccc(-c3cccc(-c4ccc5c(c4)S(=O)(=O)c4ccccc4C5O)c3)cc21. The first-order valence-corrected chi connectivity index (χ1v) is 15.6. The van der Waals surface area contributed by atoms with Gasteiger partial charge in [-0.2, -0.15) is 0 Å². The molecule has 5 aromatic carbocycles. The molecule has 40 heavy (non-hydrogen) atoms. The van der Waals surface area contributed by atoms with Gasteiger partial charge in [-0.05, 0) is 52.6 Å². The standard InChI is InChI=1S/C32H22O6S2/c33-31-23-8-1-3-10-27(23)39(35,36)29-17-21(12-14-25(29)31)19-6-5-7-20(16-19)22-13-15-26-30(18-22)40(37,38)28-11-4-2-9-24(28)32(26)34/h1-18,31-34H. The van der Waals surface area contributed by atoms with Crippen LogP contribution in [0.2, 0.25) is 0 Å². The Balaban J connectivity index is 1.32. The van der Waals surface area contributed by atoms with Crippen LogP contribution >= 0.6 is 0 Å². The van der Waals surface area contributed by atoms with E-state index in [1.165, 1.54) is 12.1 Å². The van der Waals surface area contributed by atoms with Crippen molar-refractivity contribution in [2.24, 2.45) is 0 Å². The minimum absolute atomic E-state index is 0.0640. The first-order chi connectivity index (χ1) is 19.2. The second-order valence-electron chi connectivity index (χ2n) is 9.97. The summed E-state index contributed by atoms with van der Waals surface area (Å²) in [5.74, 6) is 0. The number of sulfone groups is 2. The molecule has 8 heteroatoms. The Morgan fingerprint density at radius 1 is 0.400 bits per heavy atom. The molecule has 0 saturated heterocycles. The average molecular weight is 567 g/mol. The summed E-state index contributed by atoms with van der Waals surface area (Å²) < 4.78 is 53.7. The summed E-state index contributed by atoms with van der Waals surface area (Å²) in [4.78, 5) is 0.322. The molecular formula is C32H22O6S2. The van der Waals surface area contributed by atoms with Crippen molar-refractivity contribution < 1.29 is 27.0 Å².